The van der Waals surface area contributed by atoms with Crippen molar-refractivity contribution in [1.82, 2.24) is 4.90 Å². The van der Waals surface area contributed by atoms with Gasteiger partial charge in [-0.3, -0.25) is 19.3 Å². The number of fused-ring (bicyclic) bond motifs is 1. The van der Waals surface area contributed by atoms with Gasteiger partial charge in [0.2, 0.25) is 0 Å². The molecular weight excluding hydrogens is 478 g/mol. The number of thiophene rings is 1. The number of hydrogen-bond donors (Lipinski definition) is 2. The van der Waals surface area contributed by atoms with Crippen LogP contribution in [0.1, 0.15) is 45.7 Å². The monoisotopic (exact) mass is 509 g/mol. The fourth-order valence-corrected chi connectivity index (χ4v) is 5.07. The summed E-state index contributed by atoms with van der Waals surface area (Å²) in [6, 6.07) is 12.4. The largest absolute Gasteiger partial charge is 0.492 e. The van der Waals surface area contributed by atoms with Crippen LogP contribution in [-0.4, -0.2) is 62.0 Å². The molecule has 2 aromatic carbocycles. The Morgan fingerprint density at radius 3 is 2.44 bits per heavy atom. The van der Waals surface area contributed by atoms with Crippen LogP contribution in [0.25, 0.3) is 10.8 Å². The molecule has 0 spiro atoms. The first kappa shape index (κ1) is 25.8. The summed E-state index contributed by atoms with van der Waals surface area (Å²) in [7, 11) is 0. The van der Waals surface area contributed by atoms with Crippen molar-refractivity contribution < 1.29 is 23.9 Å². The number of morpholine rings is 1. The zero-order chi connectivity index (χ0) is 25.9. The molecule has 3 aromatic rings. The van der Waals surface area contributed by atoms with Crippen molar-refractivity contribution in [3.05, 3.63) is 57.8 Å². The molecule has 0 unspecified atom stereocenters. The van der Waals surface area contributed by atoms with E-state index in [0.29, 0.717) is 17.7 Å². The molecule has 8 nitrogen and oxygen atoms in total. The molecule has 36 heavy (non-hydrogen) atoms. The van der Waals surface area contributed by atoms with E-state index in [4.69, 9.17) is 15.2 Å². The highest BCUT2D eigenvalue weighted by Gasteiger charge is 2.26. The molecule has 3 N–H and O–H groups in total. The van der Waals surface area contributed by atoms with E-state index in [1.54, 1.807) is 24.3 Å². The van der Waals surface area contributed by atoms with Crippen molar-refractivity contribution in [2.45, 2.75) is 26.2 Å². The van der Waals surface area contributed by atoms with Crippen molar-refractivity contribution in [3.8, 4) is 5.75 Å². The van der Waals surface area contributed by atoms with Crippen LogP contribution in [0.15, 0.2) is 42.5 Å². The zero-order valence-electron chi connectivity index (χ0n) is 20.8. The van der Waals surface area contributed by atoms with Crippen molar-refractivity contribution in [1.29, 1.82) is 0 Å². The molecule has 2 amide bonds. The van der Waals surface area contributed by atoms with E-state index < -0.39 is 17.6 Å². The average molecular weight is 510 g/mol. The van der Waals surface area contributed by atoms with Gasteiger partial charge in [0.1, 0.15) is 17.2 Å². The SMILES string of the molecule is CC(C)(C)c1cc(NC(=O)C(=O)c2ccc(OCCN3CCOCC3)c3ccccc23)c(C(N)=O)s1. The van der Waals surface area contributed by atoms with Gasteiger partial charge >= 0.3 is 0 Å². The quantitative estimate of drug-likeness (QED) is 0.353. The van der Waals surface area contributed by atoms with Crippen molar-refractivity contribution in [3.63, 3.8) is 0 Å². The molecular formula is C27H31N3O5S. The molecule has 1 aromatic heterocycles. The standard InChI is InChI=1S/C27H31N3O5S/c1-27(2,3)22-16-20(24(36-22)25(28)32)29-26(33)23(31)19-8-9-21(18-7-5-4-6-17(18)19)35-15-12-30-10-13-34-14-11-30/h4-9,16H,10-15H2,1-3H3,(H2,28,32)(H,29,33). The van der Waals surface area contributed by atoms with Gasteiger partial charge in [0, 0.05) is 35.5 Å². The summed E-state index contributed by atoms with van der Waals surface area (Å²) in [5.41, 5.74) is 5.80. The van der Waals surface area contributed by atoms with Crippen LogP contribution in [0.2, 0.25) is 0 Å². The number of carbonyl (C=O) groups excluding carboxylic acids is 3. The van der Waals surface area contributed by atoms with Crippen LogP contribution in [0.5, 0.6) is 5.75 Å². The second-order valence-electron chi connectivity index (χ2n) is 9.71. The van der Waals surface area contributed by atoms with Gasteiger partial charge in [-0.1, -0.05) is 45.0 Å². The maximum atomic E-state index is 13.2. The summed E-state index contributed by atoms with van der Waals surface area (Å²) in [5, 5.41) is 3.98. The first-order valence-corrected chi connectivity index (χ1v) is 12.7. The number of ketones is 1. The lowest BCUT2D eigenvalue weighted by atomic mass is 9.94. The highest BCUT2D eigenvalue weighted by atomic mass is 32.1. The van der Waals surface area contributed by atoms with Gasteiger partial charge in [-0.2, -0.15) is 0 Å². The number of amides is 2. The molecule has 190 valence electrons. The van der Waals surface area contributed by atoms with Gasteiger partial charge in [-0.05, 0) is 29.0 Å². The van der Waals surface area contributed by atoms with Gasteiger partial charge in [0.05, 0.1) is 18.9 Å². The lowest BCUT2D eigenvalue weighted by molar-refractivity contribution is -0.112. The summed E-state index contributed by atoms with van der Waals surface area (Å²) >= 11 is 1.22. The molecule has 1 aliphatic heterocycles. The van der Waals surface area contributed by atoms with Gasteiger partial charge < -0.3 is 20.5 Å². The van der Waals surface area contributed by atoms with E-state index in [1.165, 1.54) is 11.3 Å². The Balaban J connectivity index is 1.53. The Morgan fingerprint density at radius 1 is 1.08 bits per heavy atom. The minimum Gasteiger partial charge on any atom is -0.492 e. The molecule has 2 heterocycles. The van der Waals surface area contributed by atoms with Gasteiger partial charge in [0.25, 0.3) is 17.6 Å². The van der Waals surface area contributed by atoms with Crippen molar-refractivity contribution >= 4 is 45.4 Å². The van der Waals surface area contributed by atoms with Crippen LogP contribution < -0.4 is 15.8 Å². The summed E-state index contributed by atoms with van der Waals surface area (Å²) in [6.07, 6.45) is 0. The number of carbonyl (C=O) groups is 3. The average Bonchev–Trinajstić information content (AvgIpc) is 3.29. The lowest BCUT2D eigenvalue weighted by Crippen LogP contribution is -2.38. The smallest absolute Gasteiger partial charge is 0.296 e. The number of anilines is 1. The number of hydrogen-bond acceptors (Lipinski definition) is 7. The second kappa shape index (κ2) is 10.8. The Hall–Kier alpha value is -3.27. The number of nitrogens with zero attached hydrogens (tertiary/aromatic N) is 1. The molecule has 9 heteroatoms. The minimum atomic E-state index is -0.832. The number of rotatable bonds is 8. The summed E-state index contributed by atoms with van der Waals surface area (Å²) in [6.45, 7) is 10.5. The predicted molar refractivity (Wildman–Crippen MR) is 141 cm³/mol. The first-order chi connectivity index (χ1) is 17.1. The third kappa shape index (κ3) is 5.75. The highest BCUT2D eigenvalue weighted by Crippen LogP contribution is 2.35. The van der Waals surface area contributed by atoms with Crippen LogP contribution in [0.4, 0.5) is 5.69 Å². The summed E-state index contributed by atoms with van der Waals surface area (Å²) in [4.78, 5) is 41.5. The van der Waals surface area contributed by atoms with Gasteiger partial charge in [0.15, 0.2) is 0 Å². The van der Waals surface area contributed by atoms with E-state index in [0.717, 1.165) is 43.1 Å². The Morgan fingerprint density at radius 2 is 1.78 bits per heavy atom. The van der Waals surface area contributed by atoms with E-state index in [-0.39, 0.29) is 21.5 Å². The van der Waals surface area contributed by atoms with Crippen LogP contribution in [0, 0.1) is 0 Å². The fraction of sp³-hybridized carbons (Fsp3) is 0.370. The predicted octanol–water partition coefficient (Wildman–Crippen LogP) is 3.83. The molecule has 1 fully saturated rings. The van der Waals surface area contributed by atoms with Gasteiger partial charge in [-0.25, -0.2) is 0 Å². The number of nitrogens with two attached hydrogens (primary N) is 1. The molecule has 0 atom stereocenters. The van der Waals surface area contributed by atoms with E-state index in [2.05, 4.69) is 10.2 Å². The fourth-order valence-electron chi connectivity index (χ4n) is 4.04. The van der Waals surface area contributed by atoms with Crippen LogP contribution >= 0.6 is 11.3 Å². The number of benzene rings is 2. The zero-order valence-corrected chi connectivity index (χ0v) is 21.6. The van der Waals surface area contributed by atoms with Gasteiger partial charge in [-0.15, -0.1) is 11.3 Å². The normalized spacial score (nSPS) is 14.5. The molecule has 0 saturated carbocycles. The molecule has 4 rings (SSSR count). The maximum Gasteiger partial charge on any atom is 0.296 e. The first-order valence-electron chi connectivity index (χ1n) is 11.9. The van der Waals surface area contributed by atoms with Crippen molar-refractivity contribution in [2.75, 3.05) is 44.8 Å². The van der Waals surface area contributed by atoms with E-state index >= 15 is 0 Å². The maximum absolute atomic E-state index is 13.2. The van der Waals surface area contributed by atoms with Crippen LogP contribution in [-0.2, 0) is 14.9 Å². The second-order valence-corrected chi connectivity index (χ2v) is 10.8. The molecule has 1 saturated heterocycles. The Kier molecular flexibility index (Phi) is 7.73. The highest BCUT2D eigenvalue weighted by molar-refractivity contribution is 7.14. The summed E-state index contributed by atoms with van der Waals surface area (Å²) < 4.78 is 11.4. The molecule has 0 aliphatic carbocycles. The summed E-state index contributed by atoms with van der Waals surface area (Å²) in [5.74, 6) is -1.53. The Bertz CT molecular complexity index is 1290. The Labute approximate surface area is 214 Å². The number of nitrogens with one attached hydrogen (secondary N) is 1. The van der Waals surface area contributed by atoms with E-state index in [1.807, 2.05) is 39.0 Å². The number of primary amides is 1. The molecule has 0 radical (unpaired) electrons. The minimum absolute atomic E-state index is 0.218. The lowest BCUT2D eigenvalue weighted by Gasteiger charge is -2.26. The molecule has 1 aliphatic rings. The van der Waals surface area contributed by atoms with Crippen LogP contribution in [0.3, 0.4) is 0 Å². The molecule has 0 bridgehead atoms. The number of Topliss-reactive ketones (excluding diaryl/α,β-unsaturated/α-hetero) is 1. The number of ether oxygens (including phenoxy) is 2. The third-order valence-corrected chi connectivity index (χ3v) is 7.62. The third-order valence-electron chi connectivity index (χ3n) is 6.05. The van der Waals surface area contributed by atoms with E-state index in [9.17, 15) is 14.4 Å². The topological polar surface area (TPSA) is 111 Å². The van der Waals surface area contributed by atoms with Crippen molar-refractivity contribution in [2.24, 2.45) is 5.73 Å².